The third-order valence-electron chi connectivity index (χ3n) is 4.71. The van der Waals surface area contributed by atoms with Crippen LogP contribution in [0.5, 0.6) is 0 Å². The number of halogens is 1. The Bertz CT molecular complexity index is 1060. The maximum absolute atomic E-state index is 13.4. The second kappa shape index (κ2) is 9.34. The number of carbonyl (C=O) groups is 1. The predicted molar refractivity (Wildman–Crippen MR) is 118 cm³/mol. The van der Waals surface area contributed by atoms with Crippen molar-refractivity contribution in [3.63, 3.8) is 0 Å². The monoisotopic (exact) mass is 466 g/mol. The smallest absolute Gasteiger partial charge is 0.256 e. The number of sulfonamides is 1. The summed E-state index contributed by atoms with van der Waals surface area (Å²) in [7, 11) is -2.24. The molecule has 1 aromatic carbocycles. The first-order chi connectivity index (χ1) is 14.2. The summed E-state index contributed by atoms with van der Waals surface area (Å²) < 4.78 is 32.4. The van der Waals surface area contributed by atoms with E-state index in [0.29, 0.717) is 12.3 Å². The minimum absolute atomic E-state index is 0.0283. The van der Waals surface area contributed by atoms with E-state index in [1.54, 1.807) is 37.1 Å². The molecule has 0 N–H and O–H groups in total. The first-order valence-electron chi connectivity index (χ1n) is 9.31. The molecule has 0 saturated heterocycles. The van der Waals surface area contributed by atoms with E-state index >= 15 is 0 Å². The lowest BCUT2D eigenvalue weighted by molar-refractivity contribution is 0.0719. The molecule has 0 aliphatic rings. The summed E-state index contributed by atoms with van der Waals surface area (Å²) in [6.45, 7) is 4.16. The Morgan fingerprint density at radius 1 is 1.17 bits per heavy atom. The summed E-state index contributed by atoms with van der Waals surface area (Å²) >= 11 is 7.85. The van der Waals surface area contributed by atoms with E-state index in [-0.39, 0.29) is 34.0 Å². The number of hydrogen-bond acceptors (Lipinski definition) is 5. The van der Waals surface area contributed by atoms with Crippen LogP contribution in [0.1, 0.15) is 34.8 Å². The Morgan fingerprint density at radius 2 is 1.93 bits per heavy atom. The fraction of sp³-hybridized carbons (Fsp3) is 0.286. The highest BCUT2D eigenvalue weighted by atomic mass is 35.5. The lowest BCUT2D eigenvalue weighted by Gasteiger charge is -2.23. The van der Waals surface area contributed by atoms with Gasteiger partial charge in [0.15, 0.2) is 0 Å². The summed E-state index contributed by atoms with van der Waals surface area (Å²) in [5.74, 6) is 0.258. The van der Waals surface area contributed by atoms with Crippen LogP contribution in [0.3, 0.4) is 0 Å². The van der Waals surface area contributed by atoms with Gasteiger partial charge in [-0.15, -0.1) is 11.3 Å². The molecule has 3 rings (SSSR count). The van der Waals surface area contributed by atoms with E-state index in [1.807, 2.05) is 17.5 Å². The second-order valence-electron chi connectivity index (χ2n) is 7.08. The highest BCUT2D eigenvalue weighted by Gasteiger charge is 2.27. The van der Waals surface area contributed by atoms with Crippen LogP contribution in [-0.4, -0.2) is 36.6 Å². The normalized spacial score (nSPS) is 11.9. The van der Waals surface area contributed by atoms with Crippen LogP contribution >= 0.6 is 22.9 Å². The lowest BCUT2D eigenvalue weighted by Crippen LogP contribution is -2.33. The molecule has 0 aliphatic heterocycles. The Hall–Kier alpha value is -2.13. The third kappa shape index (κ3) is 4.95. The van der Waals surface area contributed by atoms with Crippen LogP contribution in [0, 0.1) is 0 Å². The van der Waals surface area contributed by atoms with E-state index < -0.39 is 10.0 Å². The van der Waals surface area contributed by atoms with E-state index in [1.165, 1.54) is 40.9 Å². The molecule has 3 aromatic rings. The Balaban J connectivity index is 1.97. The summed E-state index contributed by atoms with van der Waals surface area (Å²) in [5, 5.41) is 2.13. The van der Waals surface area contributed by atoms with Crippen molar-refractivity contribution in [2.75, 3.05) is 7.05 Å². The minimum atomic E-state index is -3.75. The predicted octanol–water partition coefficient (Wildman–Crippen LogP) is 4.87. The van der Waals surface area contributed by atoms with Crippen LogP contribution in [0.2, 0.25) is 5.02 Å². The van der Waals surface area contributed by atoms with Crippen LogP contribution < -0.4 is 0 Å². The maximum Gasteiger partial charge on any atom is 0.256 e. The molecule has 0 atom stereocenters. The van der Waals surface area contributed by atoms with Crippen LogP contribution in [-0.2, 0) is 23.1 Å². The molecule has 0 radical (unpaired) electrons. The van der Waals surface area contributed by atoms with Crippen LogP contribution in [0.15, 0.2) is 63.4 Å². The van der Waals surface area contributed by atoms with Crippen LogP contribution in [0.4, 0.5) is 0 Å². The van der Waals surface area contributed by atoms with E-state index in [0.717, 1.165) is 4.88 Å². The summed E-state index contributed by atoms with van der Waals surface area (Å²) in [4.78, 5) is 16.0. The van der Waals surface area contributed by atoms with Gasteiger partial charge in [-0.05, 0) is 55.6 Å². The van der Waals surface area contributed by atoms with Gasteiger partial charge in [0.05, 0.1) is 34.8 Å². The molecule has 2 heterocycles. The zero-order chi connectivity index (χ0) is 21.9. The molecule has 0 fully saturated rings. The van der Waals surface area contributed by atoms with Crippen molar-refractivity contribution in [1.82, 2.24) is 9.21 Å². The Morgan fingerprint density at radius 3 is 2.53 bits per heavy atom. The number of nitrogens with zero attached hydrogens (tertiary/aromatic N) is 2. The molecule has 0 aliphatic carbocycles. The first kappa shape index (κ1) is 22.6. The molecule has 160 valence electrons. The van der Waals surface area contributed by atoms with E-state index in [9.17, 15) is 13.2 Å². The molecule has 1 amide bonds. The average molecular weight is 467 g/mol. The van der Waals surface area contributed by atoms with Crippen molar-refractivity contribution in [3.8, 4) is 0 Å². The third-order valence-corrected chi connectivity index (χ3v) is 7.93. The SMILES string of the molecule is CC(C)N(C)S(=O)(=O)c1ccc(Cl)c(C(=O)N(Cc2ccco2)Cc2cccs2)c1. The Labute approximate surface area is 185 Å². The second-order valence-corrected chi connectivity index (χ2v) is 10.5. The van der Waals surface area contributed by atoms with Gasteiger partial charge in [-0.1, -0.05) is 17.7 Å². The van der Waals surface area contributed by atoms with Gasteiger partial charge in [0, 0.05) is 18.0 Å². The molecular weight excluding hydrogens is 444 g/mol. The van der Waals surface area contributed by atoms with Gasteiger partial charge in [-0.25, -0.2) is 8.42 Å². The van der Waals surface area contributed by atoms with Gasteiger partial charge < -0.3 is 9.32 Å². The first-order valence-corrected chi connectivity index (χ1v) is 12.0. The van der Waals surface area contributed by atoms with E-state index in [4.69, 9.17) is 16.0 Å². The summed E-state index contributed by atoms with van der Waals surface area (Å²) in [5.41, 5.74) is 0.137. The maximum atomic E-state index is 13.4. The molecule has 0 bridgehead atoms. The molecule has 6 nitrogen and oxygen atoms in total. The molecule has 30 heavy (non-hydrogen) atoms. The topological polar surface area (TPSA) is 70.8 Å². The number of furan rings is 1. The van der Waals surface area contributed by atoms with Gasteiger partial charge in [-0.3, -0.25) is 4.79 Å². The molecule has 0 saturated carbocycles. The number of benzene rings is 1. The number of carbonyl (C=O) groups excluding carboxylic acids is 1. The fourth-order valence-corrected chi connectivity index (χ4v) is 5.14. The van der Waals surface area contributed by atoms with Crippen molar-refractivity contribution in [1.29, 1.82) is 0 Å². The van der Waals surface area contributed by atoms with Crippen molar-refractivity contribution in [3.05, 3.63) is 75.3 Å². The minimum Gasteiger partial charge on any atom is -0.467 e. The van der Waals surface area contributed by atoms with Crippen molar-refractivity contribution < 1.29 is 17.6 Å². The molecule has 2 aromatic heterocycles. The van der Waals surface area contributed by atoms with Gasteiger partial charge in [0.1, 0.15) is 5.76 Å². The van der Waals surface area contributed by atoms with Crippen molar-refractivity contribution in [2.45, 2.75) is 37.9 Å². The zero-order valence-electron chi connectivity index (χ0n) is 16.9. The van der Waals surface area contributed by atoms with Gasteiger partial charge >= 0.3 is 0 Å². The fourth-order valence-electron chi connectivity index (χ4n) is 2.82. The average Bonchev–Trinajstić information content (AvgIpc) is 3.40. The number of rotatable bonds is 8. The number of hydrogen-bond donors (Lipinski definition) is 0. The van der Waals surface area contributed by atoms with Gasteiger partial charge in [0.25, 0.3) is 5.91 Å². The summed E-state index contributed by atoms with van der Waals surface area (Å²) in [6, 6.07) is 11.4. The van der Waals surface area contributed by atoms with Gasteiger partial charge in [0.2, 0.25) is 10.0 Å². The largest absolute Gasteiger partial charge is 0.467 e. The molecular formula is C21H23ClN2O4S2. The van der Waals surface area contributed by atoms with Crippen molar-refractivity contribution in [2.24, 2.45) is 0 Å². The quantitative estimate of drug-likeness (QED) is 0.475. The zero-order valence-corrected chi connectivity index (χ0v) is 19.3. The highest BCUT2D eigenvalue weighted by Crippen LogP contribution is 2.26. The van der Waals surface area contributed by atoms with Crippen molar-refractivity contribution >= 4 is 38.9 Å². The number of amides is 1. The molecule has 9 heteroatoms. The standard InChI is InChI=1S/C21H23ClN2O4S2/c1-15(2)23(3)30(26,27)18-8-9-20(22)19(12-18)21(25)24(13-16-6-4-10-28-16)14-17-7-5-11-29-17/h4-12,15H,13-14H2,1-3H3. The molecule has 0 unspecified atom stereocenters. The van der Waals surface area contributed by atoms with Crippen LogP contribution in [0.25, 0.3) is 0 Å². The van der Waals surface area contributed by atoms with E-state index in [2.05, 4.69) is 0 Å². The Kier molecular flexibility index (Phi) is 7.02. The number of thiophene rings is 1. The van der Waals surface area contributed by atoms with Gasteiger partial charge in [-0.2, -0.15) is 4.31 Å². The molecule has 0 spiro atoms. The highest BCUT2D eigenvalue weighted by molar-refractivity contribution is 7.89. The lowest BCUT2D eigenvalue weighted by atomic mass is 10.2. The summed E-state index contributed by atoms with van der Waals surface area (Å²) in [6.07, 6.45) is 1.55.